The summed E-state index contributed by atoms with van der Waals surface area (Å²) in [4.78, 5) is 8.58. The first-order chi connectivity index (χ1) is 9.19. The quantitative estimate of drug-likeness (QED) is 0.778. The van der Waals surface area contributed by atoms with E-state index in [1.54, 1.807) is 12.3 Å². The Labute approximate surface area is 115 Å². The molecular weight excluding hydrogens is 262 g/mol. The summed E-state index contributed by atoms with van der Waals surface area (Å²) in [6.07, 6.45) is 3.09. The van der Waals surface area contributed by atoms with Crippen LogP contribution in [0, 0.1) is 0 Å². The van der Waals surface area contributed by atoms with Gasteiger partial charge in [-0.05, 0) is 31.2 Å². The third-order valence-corrected chi connectivity index (χ3v) is 3.24. The molecule has 0 aliphatic heterocycles. The normalized spacial score (nSPS) is 11.1. The molecule has 4 nitrogen and oxygen atoms in total. The zero-order chi connectivity index (χ0) is 13.4. The Balaban J connectivity index is 2.28. The van der Waals surface area contributed by atoms with Crippen LogP contribution in [0.15, 0.2) is 36.7 Å². The van der Waals surface area contributed by atoms with E-state index in [0.29, 0.717) is 5.02 Å². The number of nitrogens with zero attached hydrogens (tertiary/aromatic N) is 3. The number of benzene rings is 1. The van der Waals surface area contributed by atoms with Crippen LogP contribution in [0.2, 0.25) is 5.02 Å². The smallest absolute Gasteiger partial charge is 0.142 e. The van der Waals surface area contributed by atoms with Crippen LogP contribution in [0.25, 0.3) is 22.4 Å². The fraction of sp³-hybridized carbons (Fsp3) is 0.143. The van der Waals surface area contributed by atoms with Crippen LogP contribution in [0.3, 0.4) is 0 Å². The second kappa shape index (κ2) is 4.55. The first-order valence-electron chi connectivity index (χ1n) is 5.99. The molecule has 3 rings (SSSR count). The fourth-order valence-electron chi connectivity index (χ4n) is 2.19. The maximum absolute atomic E-state index is 9.54. The van der Waals surface area contributed by atoms with Crippen molar-refractivity contribution in [3.63, 3.8) is 0 Å². The van der Waals surface area contributed by atoms with Crippen LogP contribution in [0.4, 0.5) is 0 Å². The van der Waals surface area contributed by atoms with Crippen LogP contribution < -0.4 is 0 Å². The Morgan fingerprint density at radius 3 is 2.84 bits per heavy atom. The van der Waals surface area contributed by atoms with Crippen molar-refractivity contribution in [2.75, 3.05) is 0 Å². The minimum Gasteiger partial charge on any atom is -0.506 e. The summed E-state index contributed by atoms with van der Waals surface area (Å²) in [6.45, 7) is 2.83. The minimum atomic E-state index is 0.130. The highest BCUT2D eigenvalue weighted by Gasteiger charge is 2.12. The molecule has 0 saturated heterocycles. The lowest BCUT2D eigenvalue weighted by atomic mass is 10.2. The second-order valence-electron chi connectivity index (χ2n) is 4.24. The zero-order valence-electron chi connectivity index (χ0n) is 10.3. The number of hydrogen-bond donors (Lipinski definition) is 1. The van der Waals surface area contributed by atoms with E-state index < -0.39 is 0 Å². The molecule has 0 spiro atoms. The standard InChI is InChI=1S/C14H12ClN3O/c1-2-18-13-4-3-10(15)6-12(13)17-14(18)9-5-11(19)8-16-7-9/h3-8,19H,2H2,1H3. The Morgan fingerprint density at radius 2 is 2.11 bits per heavy atom. The number of aromatic hydroxyl groups is 1. The number of imidazole rings is 1. The van der Waals surface area contributed by atoms with Crippen LogP contribution in [-0.2, 0) is 6.54 Å². The van der Waals surface area contributed by atoms with Gasteiger partial charge in [-0.15, -0.1) is 0 Å². The van der Waals surface area contributed by atoms with Crippen molar-refractivity contribution >= 4 is 22.6 Å². The van der Waals surface area contributed by atoms with Crippen molar-refractivity contribution in [3.05, 3.63) is 41.7 Å². The summed E-state index contributed by atoms with van der Waals surface area (Å²) in [5.41, 5.74) is 2.65. The van der Waals surface area contributed by atoms with E-state index in [2.05, 4.69) is 21.5 Å². The fourth-order valence-corrected chi connectivity index (χ4v) is 2.36. The van der Waals surface area contributed by atoms with Gasteiger partial charge in [-0.25, -0.2) is 4.98 Å². The largest absolute Gasteiger partial charge is 0.506 e. The van der Waals surface area contributed by atoms with Crippen LogP contribution in [0.1, 0.15) is 6.92 Å². The molecule has 0 bridgehead atoms. The average molecular weight is 274 g/mol. The Morgan fingerprint density at radius 1 is 1.26 bits per heavy atom. The molecule has 0 aliphatic rings. The Kier molecular flexibility index (Phi) is 2.87. The Hall–Kier alpha value is -2.07. The molecule has 0 atom stereocenters. The van der Waals surface area contributed by atoms with Gasteiger partial charge in [0.25, 0.3) is 0 Å². The predicted molar refractivity (Wildman–Crippen MR) is 75.3 cm³/mol. The number of hydrogen-bond acceptors (Lipinski definition) is 3. The van der Waals surface area contributed by atoms with Gasteiger partial charge in [-0.2, -0.15) is 0 Å². The van der Waals surface area contributed by atoms with Crippen LogP contribution in [0.5, 0.6) is 5.75 Å². The summed E-state index contributed by atoms with van der Waals surface area (Å²) in [7, 11) is 0. The molecule has 2 heterocycles. The summed E-state index contributed by atoms with van der Waals surface area (Å²) in [6, 6.07) is 7.29. The molecule has 0 radical (unpaired) electrons. The van der Waals surface area contributed by atoms with Gasteiger partial charge in [0, 0.05) is 23.3 Å². The number of aryl methyl sites for hydroxylation is 1. The first-order valence-corrected chi connectivity index (χ1v) is 6.37. The number of halogens is 1. The number of rotatable bonds is 2. The third kappa shape index (κ3) is 2.04. The molecule has 1 N–H and O–H groups in total. The van der Waals surface area contributed by atoms with Gasteiger partial charge < -0.3 is 9.67 Å². The van der Waals surface area contributed by atoms with Crippen molar-refractivity contribution in [2.24, 2.45) is 0 Å². The monoisotopic (exact) mass is 273 g/mol. The lowest BCUT2D eigenvalue weighted by Crippen LogP contribution is -1.97. The van der Waals surface area contributed by atoms with Crippen LogP contribution >= 0.6 is 11.6 Å². The average Bonchev–Trinajstić information content (AvgIpc) is 2.76. The first kappa shape index (κ1) is 12.0. The van der Waals surface area contributed by atoms with Crippen molar-refractivity contribution in [3.8, 4) is 17.1 Å². The number of pyridine rings is 1. The van der Waals surface area contributed by atoms with E-state index in [1.807, 2.05) is 18.2 Å². The van der Waals surface area contributed by atoms with Gasteiger partial charge in [-0.1, -0.05) is 11.6 Å². The van der Waals surface area contributed by atoms with Gasteiger partial charge in [0.2, 0.25) is 0 Å². The topological polar surface area (TPSA) is 50.9 Å². The molecule has 19 heavy (non-hydrogen) atoms. The van der Waals surface area contributed by atoms with E-state index in [0.717, 1.165) is 29.0 Å². The van der Waals surface area contributed by atoms with E-state index in [9.17, 15) is 5.11 Å². The maximum atomic E-state index is 9.54. The molecule has 0 aliphatic carbocycles. The molecule has 96 valence electrons. The van der Waals surface area contributed by atoms with E-state index in [1.165, 1.54) is 6.20 Å². The molecule has 0 fully saturated rings. The highest BCUT2D eigenvalue weighted by atomic mass is 35.5. The minimum absolute atomic E-state index is 0.130. The van der Waals surface area contributed by atoms with Crippen molar-refractivity contribution < 1.29 is 5.11 Å². The number of aromatic nitrogens is 3. The molecular formula is C14H12ClN3O. The van der Waals surface area contributed by atoms with Gasteiger partial charge in [-0.3, -0.25) is 4.98 Å². The van der Waals surface area contributed by atoms with Gasteiger partial charge in [0.1, 0.15) is 11.6 Å². The summed E-state index contributed by atoms with van der Waals surface area (Å²) >= 11 is 5.99. The second-order valence-corrected chi connectivity index (χ2v) is 4.68. The van der Waals surface area contributed by atoms with Crippen molar-refractivity contribution in [1.29, 1.82) is 0 Å². The molecule has 0 saturated carbocycles. The van der Waals surface area contributed by atoms with Crippen molar-refractivity contribution in [2.45, 2.75) is 13.5 Å². The highest BCUT2D eigenvalue weighted by molar-refractivity contribution is 6.31. The zero-order valence-corrected chi connectivity index (χ0v) is 11.1. The predicted octanol–water partition coefficient (Wildman–Crippen LogP) is 3.48. The molecule has 0 amide bonds. The number of fused-ring (bicyclic) bond motifs is 1. The highest BCUT2D eigenvalue weighted by Crippen LogP contribution is 2.27. The lowest BCUT2D eigenvalue weighted by molar-refractivity contribution is 0.473. The lowest BCUT2D eigenvalue weighted by Gasteiger charge is -2.05. The Bertz CT molecular complexity index is 752. The van der Waals surface area contributed by atoms with Gasteiger partial charge in [0.15, 0.2) is 0 Å². The van der Waals surface area contributed by atoms with Gasteiger partial charge >= 0.3 is 0 Å². The van der Waals surface area contributed by atoms with E-state index in [4.69, 9.17) is 11.6 Å². The third-order valence-electron chi connectivity index (χ3n) is 3.01. The summed E-state index contributed by atoms with van der Waals surface area (Å²) in [5, 5.41) is 10.2. The molecule has 0 unspecified atom stereocenters. The SMILES string of the molecule is CCn1c(-c2cncc(O)c2)nc2cc(Cl)ccc21. The summed E-state index contributed by atoms with van der Waals surface area (Å²) < 4.78 is 2.07. The molecule has 3 aromatic rings. The molecule has 5 heteroatoms. The van der Waals surface area contributed by atoms with Gasteiger partial charge in [0.05, 0.1) is 17.2 Å². The molecule has 1 aromatic carbocycles. The van der Waals surface area contributed by atoms with Crippen molar-refractivity contribution in [1.82, 2.24) is 14.5 Å². The van der Waals surface area contributed by atoms with Crippen LogP contribution in [-0.4, -0.2) is 19.6 Å². The van der Waals surface area contributed by atoms with E-state index in [-0.39, 0.29) is 5.75 Å². The maximum Gasteiger partial charge on any atom is 0.142 e. The summed E-state index contributed by atoms with van der Waals surface area (Å²) in [5.74, 6) is 0.911. The van der Waals surface area contributed by atoms with E-state index >= 15 is 0 Å². The molecule has 2 aromatic heterocycles.